The van der Waals surface area contributed by atoms with Gasteiger partial charge in [-0.05, 0) is 54.3 Å². The number of carbonyl (C=O) groups excluding carboxylic acids is 2. The fourth-order valence-corrected chi connectivity index (χ4v) is 6.42. The van der Waals surface area contributed by atoms with E-state index >= 15 is 0 Å². The number of nitrogens with zero attached hydrogens (tertiary/aromatic N) is 3. The van der Waals surface area contributed by atoms with E-state index in [2.05, 4.69) is 10.2 Å². The largest absolute Gasteiger partial charge is 0.497 e. The first-order valence-electron chi connectivity index (χ1n) is 14.8. The summed E-state index contributed by atoms with van der Waals surface area (Å²) in [5.74, 6) is 0.965. The number of piperidine rings is 1. The molecule has 2 atom stereocenters. The number of hydrogen-bond donors (Lipinski definition) is 1. The van der Waals surface area contributed by atoms with Crippen LogP contribution in [0.1, 0.15) is 44.3 Å². The number of amides is 2. The Balaban J connectivity index is 1.34. The lowest BCUT2D eigenvalue weighted by Crippen LogP contribution is -2.47. The van der Waals surface area contributed by atoms with Crippen LogP contribution in [-0.4, -0.2) is 55.6 Å². The molecule has 0 radical (unpaired) electrons. The molecule has 44 heavy (non-hydrogen) atoms. The zero-order chi connectivity index (χ0) is 30.8. The Morgan fingerprint density at radius 2 is 1.61 bits per heavy atom. The number of ether oxygens (including phenoxy) is 2. The molecular weight excluding hydrogens is 556 g/mol. The van der Waals surface area contributed by atoms with Gasteiger partial charge in [-0.1, -0.05) is 36.4 Å². The molecule has 2 bridgehead atoms. The maximum Gasteiger partial charge on any atom is 0.255 e. The van der Waals surface area contributed by atoms with Crippen molar-refractivity contribution in [2.45, 2.75) is 25.4 Å². The van der Waals surface area contributed by atoms with Crippen molar-refractivity contribution < 1.29 is 19.1 Å². The summed E-state index contributed by atoms with van der Waals surface area (Å²) in [4.78, 5) is 43.7. The van der Waals surface area contributed by atoms with Crippen LogP contribution < -0.4 is 25.2 Å². The monoisotopic (exact) mass is 592 g/mol. The molecule has 1 N–H and O–H groups in total. The molecule has 9 nitrogen and oxygen atoms in total. The number of methoxy groups -OCH3 is 2. The van der Waals surface area contributed by atoms with Crippen molar-refractivity contribution in [1.29, 1.82) is 0 Å². The van der Waals surface area contributed by atoms with Gasteiger partial charge >= 0.3 is 0 Å². The third-order valence-electron chi connectivity index (χ3n) is 8.54. The first kappa shape index (κ1) is 29.0. The lowest BCUT2D eigenvalue weighted by atomic mass is 9.83. The molecular formula is C35H36N4O5. The first-order valence-corrected chi connectivity index (χ1v) is 14.8. The maximum atomic E-state index is 13.7. The molecule has 1 aromatic heterocycles. The summed E-state index contributed by atoms with van der Waals surface area (Å²) in [5, 5.41) is 3.09. The summed E-state index contributed by atoms with van der Waals surface area (Å²) in [5.41, 5.74) is 4.32. The molecule has 2 amide bonds. The third-order valence-corrected chi connectivity index (χ3v) is 8.54. The molecule has 1 saturated heterocycles. The highest BCUT2D eigenvalue weighted by atomic mass is 16.5. The van der Waals surface area contributed by atoms with Gasteiger partial charge in [0.25, 0.3) is 17.4 Å². The van der Waals surface area contributed by atoms with E-state index in [1.165, 1.54) is 14.2 Å². The van der Waals surface area contributed by atoms with Crippen LogP contribution in [-0.2, 0) is 13.1 Å². The van der Waals surface area contributed by atoms with Gasteiger partial charge in [-0.15, -0.1) is 0 Å². The van der Waals surface area contributed by atoms with Gasteiger partial charge in [-0.25, -0.2) is 0 Å². The summed E-state index contributed by atoms with van der Waals surface area (Å²) < 4.78 is 12.7. The highest BCUT2D eigenvalue weighted by molar-refractivity contribution is 6.07. The summed E-state index contributed by atoms with van der Waals surface area (Å²) in [6.45, 7) is 2.54. The van der Waals surface area contributed by atoms with E-state index in [4.69, 9.17) is 9.47 Å². The van der Waals surface area contributed by atoms with Gasteiger partial charge in [-0.2, -0.15) is 0 Å². The molecule has 4 aromatic rings. The number of hydrogen-bond acceptors (Lipinski definition) is 6. The molecule has 2 aliphatic heterocycles. The van der Waals surface area contributed by atoms with Gasteiger partial charge < -0.3 is 29.2 Å². The maximum absolute atomic E-state index is 13.7. The van der Waals surface area contributed by atoms with Crippen LogP contribution in [0, 0.1) is 5.92 Å². The lowest BCUT2D eigenvalue weighted by Gasteiger charge is -2.44. The Kier molecular flexibility index (Phi) is 8.11. The predicted octanol–water partition coefficient (Wildman–Crippen LogP) is 5.01. The van der Waals surface area contributed by atoms with E-state index < -0.39 is 0 Å². The lowest BCUT2D eigenvalue weighted by molar-refractivity contribution is 0.0784. The van der Waals surface area contributed by atoms with E-state index in [9.17, 15) is 14.4 Å². The van der Waals surface area contributed by atoms with E-state index in [0.717, 1.165) is 29.9 Å². The van der Waals surface area contributed by atoms with Crippen LogP contribution >= 0.6 is 0 Å². The minimum Gasteiger partial charge on any atom is -0.497 e. The Bertz CT molecular complexity index is 1730. The molecule has 3 aromatic carbocycles. The number of anilines is 2. The molecule has 9 heteroatoms. The smallest absolute Gasteiger partial charge is 0.255 e. The zero-order valence-corrected chi connectivity index (χ0v) is 25.2. The summed E-state index contributed by atoms with van der Waals surface area (Å²) in [6, 6.07) is 25.8. The number of rotatable bonds is 8. The number of fused-ring (bicyclic) bond motifs is 4. The topological polar surface area (TPSA) is 93.1 Å². The molecule has 3 heterocycles. The van der Waals surface area contributed by atoms with Gasteiger partial charge in [0.1, 0.15) is 11.5 Å². The number of nitrogens with one attached hydrogen (secondary N) is 1. The van der Waals surface area contributed by atoms with E-state index in [0.29, 0.717) is 47.9 Å². The Morgan fingerprint density at radius 1 is 0.864 bits per heavy atom. The zero-order valence-electron chi connectivity index (χ0n) is 25.2. The molecule has 2 aliphatic rings. The van der Waals surface area contributed by atoms with Gasteiger partial charge in [0.15, 0.2) is 0 Å². The summed E-state index contributed by atoms with van der Waals surface area (Å²) >= 11 is 0. The van der Waals surface area contributed by atoms with E-state index in [-0.39, 0.29) is 29.2 Å². The second kappa shape index (κ2) is 12.3. The fraction of sp³-hybridized carbons (Fsp3) is 0.286. The number of benzene rings is 3. The van der Waals surface area contributed by atoms with Crippen LogP contribution in [0.15, 0.2) is 89.7 Å². The molecule has 0 unspecified atom stereocenters. The standard InChI is InChI=1S/C35H36N4O5/c1-37(19-23-8-5-4-6-9-23)35(42)25-12-13-32(30(17-25)36-34(41)26-15-28(43-2)18-29(16-26)44-3)38-20-24-14-27(22-38)31-10-7-11-33(40)39(31)21-24/h4-13,15-18,24,27H,14,19-22H2,1-3H3,(H,36,41)/t24-,27+/m1/s1. The van der Waals surface area contributed by atoms with E-state index in [1.807, 2.05) is 59.2 Å². The number of aromatic nitrogens is 1. The quantitative estimate of drug-likeness (QED) is 0.309. The number of carbonyl (C=O) groups is 2. The molecule has 6 rings (SSSR count). The average Bonchev–Trinajstić information content (AvgIpc) is 3.05. The highest BCUT2D eigenvalue weighted by Gasteiger charge is 2.35. The van der Waals surface area contributed by atoms with E-state index in [1.54, 1.807) is 42.3 Å². The molecule has 0 spiro atoms. The fourth-order valence-electron chi connectivity index (χ4n) is 6.42. The van der Waals surface area contributed by atoms with Crippen molar-refractivity contribution in [2.24, 2.45) is 5.92 Å². The first-order chi connectivity index (χ1) is 21.3. The predicted molar refractivity (Wildman–Crippen MR) is 170 cm³/mol. The Morgan fingerprint density at radius 3 is 2.34 bits per heavy atom. The molecule has 0 aliphatic carbocycles. The SMILES string of the molecule is COc1cc(OC)cc(C(=O)Nc2cc(C(=O)N(C)Cc3ccccc3)ccc2N2C[C@H]3C[C@@H](C2)c2cccc(=O)n2C3)c1. The molecule has 1 fully saturated rings. The second-order valence-corrected chi connectivity index (χ2v) is 11.5. The van der Waals surface area contributed by atoms with Crippen LogP contribution in [0.5, 0.6) is 11.5 Å². The second-order valence-electron chi connectivity index (χ2n) is 11.5. The van der Waals surface area contributed by atoms with Crippen molar-refractivity contribution in [3.05, 3.63) is 118 Å². The van der Waals surface area contributed by atoms with Crippen molar-refractivity contribution in [3.8, 4) is 11.5 Å². The number of pyridine rings is 1. The normalized spacial score (nSPS) is 16.9. The highest BCUT2D eigenvalue weighted by Crippen LogP contribution is 2.39. The van der Waals surface area contributed by atoms with Crippen LogP contribution in [0.2, 0.25) is 0 Å². The minimum absolute atomic E-state index is 0.0369. The molecule has 226 valence electrons. The van der Waals surface area contributed by atoms with Crippen molar-refractivity contribution >= 4 is 23.2 Å². The summed E-state index contributed by atoms with van der Waals surface area (Å²) in [7, 11) is 4.85. The van der Waals surface area contributed by atoms with Crippen LogP contribution in [0.3, 0.4) is 0 Å². The van der Waals surface area contributed by atoms with Crippen molar-refractivity contribution in [1.82, 2.24) is 9.47 Å². The molecule has 0 saturated carbocycles. The Hall–Kier alpha value is -5.05. The van der Waals surface area contributed by atoms with Crippen LogP contribution in [0.4, 0.5) is 11.4 Å². The third kappa shape index (κ3) is 5.90. The van der Waals surface area contributed by atoms with Gasteiger partial charge in [0.2, 0.25) is 0 Å². The van der Waals surface area contributed by atoms with Crippen molar-refractivity contribution in [2.75, 3.05) is 44.6 Å². The van der Waals surface area contributed by atoms with Crippen LogP contribution in [0.25, 0.3) is 0 Å². The van der Waals surface area contributed by atoms with Gasteiger partial charge in [0, 0.05) is 68.1 Å². The minimum atomic E-state index is -0.347. The average molecular weight is 593 g/mol. The Labute approximate surface area is 256 Å². The van der Waals surface area contributed by atoms with Gasteiger partial charge in [-0.3, -0.25) is 14.4 Å². The van der Waals surface area contributed by atoms with Gasteiger partial charge in [0.05, 0.1) is 25.6 Å². The summed E-state index contributed by atoms with van der Waals surface area (Å²) in [6.07, 6.45) is 1.01. The van der Waals surface area contributed by atoms with Crippen molar-refractivity contribution in [3.63, 3.8) is 0 Å².